The van der Waals surface area contributed by atoms with Crippen LogP contribution in [0.3, 0.4) is 0 Å². The van der Waals surface area contributed by atoms with Crippen molar-refractivity contribution < 1.29 is 9.53 Å². The third kappa shape index (κ3) is 5.75. The summed E-state index contributed by atoms with van der Waals surface area (Å²) >= 11 is 0. The number of carbonyl (C=O) groups is 1. The van der Waals surface area contributed by atoms with Gasteiger partial charge in [-0.25, -0.2) is 4.79 Å². The van der Waals surface area contributed by atoms with Gasteiger partial charge in [-0.3, -0.25) is 4.90 Å². The van der Waals surface area contributed by atoms with E-state index in [0.29, 0.717) is 6.54 Å². The number of likely N-dealkylation sites (N-methyl/N-ethyl adjacent to an activating group) is 1. The standard InChI is InChI=1S/C15H24N2O2/c1-3-11-17(4-2)12-14(19-15(16)18)13-9-7-5-6-8-10-13/h5-9,14H,3-4,10-12H2,1-2H3,(H2,16,18). The average molecular weight is 264 g/mol. The molecule has 106 valence electrons. The zero-order valence-corrected chi connectivity index (χ0v) is 11.8. The number of nitrogens with zero attached hydrogens (tertiary/aromatic N) is 1. The lowest BCUT2D eigenvalue weighted by Gasteiger charge is -2.27. The molecule has 1 aliphatic carbocycles. The van der Waals surface area contributed by atoms with Crippen molar-refractivity contribution in [1.29, 1.82) is 0 Å². The molecule has 0 saturated carbocycles. The van der Waals surface area contributed by atoms with Crippen molar-refractivity contribution in [2.75, 3.05) is 19.6 Å². The van der Waals surface area contributed by atoms with Gasteiger partial charge in [-0.2, -0.15) is 0 Å². The molecule has 1 unspecified atom stereocenters. The zero-order chi connectivity index (χ0) is 14.1. The predicted molar refractivity (Wildman–Crippen MR) is 77.8 cm³/mol. The molecule has 2 N–H and O–H groups in total. The number of amides is 1. The van der Waals surface area contributed by atoms with Gasteiger partial charge in [0.15, 0.2) is 0 Å². The molecule has 0 heterocycles. The number of primary amides is 1. The summed E-state index contributed by atoms with van der Waals surface area (Å²) in [5.74, 6) is 0. The second-order valence-electron chi connectivity index (χ2n) is 4.58. The van der Waals surface area contributed by atoms with Crippen LogP contribution in [0.4, 0.5) is 4.79 Å². The summed E-state index contributed by atoms with van der Waals surface area (Å²) in [6.07, 6.45) is 10.9. The van der Waals surface area contributed by atoms with E-state index in [1.165, 1.54) is 0 Å². The van der Waals surface area contributed by atoms with Gasteiger partial charge in [-0.05, 0) is 31.5 Å². The molecule has 0 saturated heterocycles. The van der Waals surface area contributed by atoms with Crippen molar-refractivity contribution in [3.05, 3.63) is 36.0 Å². The fraction of sp³-hybridized carbons (Fsp3) is 0.533. The van der Waals surface area contributed by atoms with Crippen LogP contribution in [0.15, 0.2) is 36.0 Å². The fourth-order valence-corrected chi connectivity index (χ4v) is 2.13. The number of hydrogen-bond acceptors (Lipinski definition) is 3. The Morgan fingerprint density at radius 3 is 2.84 bits per heavy atom. The number of nitrogens with two attached hydrogens (primary N) is 1. The minimum atomic E-state index is -0.712. The summed E-state index contributed by atoms with van der Waals surface area (Å²) in [6.45, 7) is 6.88. The summed E-state index contributed by atoms with van der Waals surface area (Å²) < 4.78 is 5.29. The molecule has 0 radical (unpaired) electrons. The van der Waals surface area contributed by atoms with Gasteiger partial charge in [0.2, 0.25) is 0 Å². The molecule has 4 nitrogen and oxygen atoms in total. The molecule has 0 aliphatic heterocycles. The molecular weight excluding hydrogens is 240 g/mol. The molecule has 0 aromatic heterocycles. The molecule has 1 amide bonds. The molecule has 1 atom stereocenters. The summed E-state index contributed by atoms with van der Waals surface area (Å²) in [7, 11) is 0. The molecular formula is C15H24N2O2. The van der Waals surface area contributed by atoms with Crippen molar-refractivity contribution in [3.8, 4) is 0 Å². The molecule has 0 fully saturated rings. The van der Waals surface area contributed by atoms with Crippen molar-refractivity contribution in [3.63, 3.8) is 0 Å². The Hall–Kier alpha value is -1.55. The van der Waals surface area contributed by atoms with E-state index in [0.717, 1.165) is 31.5 Å². The van der Waals surface area contributed by atoms with Crippen molar-refractivity contribution in [2.45, 2.75) is 32.8 Å². The minimum Gasteiger partial charge on any atom is -0.440 e. The third-order valence-electron chi connectivity index (χ3n) is 3.11. The van der Waals surface area contributed by atoms with Gasteiger partial charge in [0.1, 0.15) is 6.10 Å². The third-order valence-corrected chi connectivity index (χ3v) is 3.11. The fourth-order valence-electron chi connectivity index (χ4n) is 2.13. The highest BCUT2D eigenvalue weighted by molar-refractivity contribution is 5.65. The van der Waals surface area contributed by atoms with Crippen LogP contribution >= 0.6 is 0 Å². The van der Waals surface area contributed by atoms with E-state index in [4.69, 9.17) is 10.5 Å². The minimum absolute atomic E-state index is 0.267. The first-order valence-corrected chi connectivity index (χ1v) is 6.88. The predicted octanol–water partition coefficient (Wildman–Crippen LogP) is 2.62. The molecule has 0 aromatic carbocycles. The number of rotatable bonds is 7. The van der Waals surface area contributed by atoms with Crippen molar-refractivity contribution >= 4 is 6.09 Å². The van der Waals surface area contributed by atoms with Gasteiger partial charge in [0.25, 0.3) is 0 Å². The molecule has 0 spiro atoms. The van der Waals surface area contributed by atoms with E-state index in [9.17, 15) is 4.79 Å². The van der Waals surface area contributed by atoms with Gasteiger partial charge in [-0.15, -0.1) is 0 Å². The smallest absolute Gasteiger partial charge is 0.405 e. The van der Waals surface area contributed by atoms with Crippen LogP contribution in [0, 0.1) is 0 Å². The van der Waals surface area contributed by atoms with Crippen LogP contribution in [0.1, 0.15) is 26.7 Å². The molecule has 19 heavy (non-hydrogen) atoms. The van der Waals surface area contributed by atoms with Crippen molar-refractivity contribution in [1.82, 2.24) is 4.90 Å². The molecule has 0 aromatic rings. The van der Waals surface area contributed by atoms with E-state index in [1.54, 1.807) is 0 Å². The Morgan fingerprint density at radius 1 is 1.42 bits per heavy atom. The van der Waals surface area contributed by atoms with Gasteiger partial charge >= 0.3 is 6.09 Å². The molecule has 0 bridgehead atoms. The maximum absolute atomic E-state index is 11.1. The van der Waals surface area contributed by atoms with E-state index < -0.39 is 6.09 Å². The number of allylic oxidation sites excluding steroid dienone is 5. The number of hydrogen-bond donors (Lipinski definition) is 1. The highest BCUT2D eigenvalue weighted by atomic mass is 16.6. The van der Waals surface area contributed by atoms with E-state index in [2.05, 4.69) is 24.8 Å². The number of carbonyl (C=O) groups excluding carboxylic acids is 1. The number of ether oxygens (including phenoxy) is 1. The van der Waals surface area contributed by atoms with Gasteiger partial charge < -0.3 is 10.5 Å². The quantitative estimate of drug-likeness (QED) is 0.769. The zero-order valence-electron chi connectivity index (χ0n) is 11.8. The summed E-state index contributed by atoms with van der Waals surface area (Å²) in [6, 6.07) is 0. The topological polar surface area (TPSA) is 55.6 Å². The van der Waals surface area contributed by atoms with Crippen molar-refractivity contribution in [2.24, 2.45) is 5.73 Å². The average Bonchev–Trinajstić information content (AvgIpc) is 2.65. The summed E-state index contributed by atoms with van der Waals surface area (Å²) in [5, 5.41) is 0. The Morgan fingerprint density at radius 2 is 2.21 bits per heavy atom. The second-order valence-corrected chi connectivity index (χ2v) is 4.58. The second kappa shape index (κ2) is 8.53. The Balaban J connectivity index is 2.75. The Kier molecular flexibility index (Phi) is 6.97. The molecule has 1 aliphatic rings. The van der Waals surface area contributed by atoms with Crippen LogP contribution < -0.4 is 5.73 Å². The highest BCUT2D eigenvalue weighted by Crippen LogP contribution is 2.16. The lowest BCUT2D eigenvalue weighted by atomic mass is 10.1. The lowest BCUT2D eigenvalue weighted by molar-refractivity contribution is 0.0955. The lowest BCUT2D eigenvalue weighted by Crippen LogP contribution is -2.37. The normalized spacial score (nSPS) is 16.1. The SMILES string of the molecule is CCCN(CC)CC(OC(N)=O)C1=CC=CC=CC1. The summed E-state index contributed by atoms with van der Waals surface area (Å²) in [5.41, 5.74) is 6.27. The van der Waals surface area contributed by atoms with Crippen LogP contribution in [0.2, 0.25) is 0 Å². The summed E-state index contributed by atoms with van der Waals surface area (Å²) in [4.78, 5) is 13.4. The van der Waals surface area contributed by atoms with E-state index in [1.807, 2.05) is 24.3 Å². The molecule has 4 heteroatoms. The van der Waals surface area contributed by atoms with Crippen LogP contribution in [0.25, 0.3) is 0 Å². The van der Waals surface area contributed by atoms with Crippen LogP contribution in [-0.2, 0) is 4.74 Å². The van der Waals surface area contributed by atoms with Gasteiger partial charge in [0.05, 0.1) is 0 Å². The van der Waals surface area contributed by atoms with Crippen LogP contribution in [-0.4, -0.2) is 36.7 Å². The Bertz CT molecular complexity index is 372. The first-order chi connectivity index (χ1) is 9.17. The largest absolute Gasteiger partial charge is 0.440 e. The van der Waals surface area contributed by atoms with E-state index in [-0.39, 0.29) is 6.10 Å². The maximum Gasteiger partial charge on any atom is 0.405 e. The van der Waals surface area contributed by atoms with Gasteiger partial charge in [-0.1, -0.05) is 44.2 Å². The van der Waals surface area contributed by atoms with Crippen LogP contribution in [0.5, 0.6) is 0 Å². The Labute approximate surface area is 115 Å². The molecule has 1 rings (SSSR count). The first-order valence-electron chi connectivity index (χ1n) is 6.88. The monoisotopic (exact) mass is 264 g/mol. The van der Waals surface area contributed by atoms with Gasteiger partial charge in [0, 0.05) is 6.54 Å². The maximum atomic E-state index is 11.1. The first kappa shape index (κ1) is 15.5. The highest BCUT2D eigenvalue weighted by Gasteiger charge is 2.20. The van der Waals surface area contributed by atoms with E-state index >= 15 is 0 Å².